The molecule has 0 unspecified atom stereocenters. The molecule has 2 atom stereocenters. The standard InChI is InChI=1S/C15H23ClN4O/c16-13-10-17-11-19-15(13)18-9-12-3-1-2-4-14(12)20-5-7-21-8-6-20/h10-12,14H,1-9H2,(H,17,18,19)/t12-,14-/m0/s1. The van der Waals surface area contributed by atoms with Crippen molar-refractivity contribution in [1.29, 1.82) is 0 Å². The summed E-state index contributed by atoms with van der Waals surface area (Å²) in [5.74, 6) is 1.40. The Labute approximate surface area is 131 Å². The number of anilines is 1. The molecule has 5 nitrogen and oxygen atoms in total. The highest BCUT2D eigenvalue weighted by Crippen LogP contribution is 2.29. The van der Waals surface area contributed by atoms with Crippen molar-refractivity contribution >= 4 is 17.4 Å². The summed E-state index contributed by atoms with van der Waals surface area (Å²) in [6.07, 6.45) is 8.41. The molecule has 6 heteroatoms. The Morgan fingerprint density at radius 3 is 2.90 bits per heavy atom. The quantitative estimate of drug-likeness (QED) is 0.925. The van der Waals surface area contributed by atoms with Gasteiger partial charge in [-0.2, -0.15) is 0 Å². The first kappa shape index (κ1) is 15.0. The topological polar surface area (TPSA) is 50.3 Å². The molecule has 1 saturated heterocycles. The Morgan fingerprint density at radius 2 is 2.10 bits per heavy atom. The van der Waals surface area contributed by atoms with E-state index >= 15 is 0 Å². The molecule has 21 heavy (non-hydrogen) atoms. The van der Waals surface area contributed by atoms with Gasteiger partial charge in [0.25, 0.3) is 0 Å². The van der Waals surface area contributed by atoms with Crippen LogP contribution in [-0.2, 0) is 4.74 Å². The molecule has 0 amide bonds. The molecule has 2 heterocycles. The number of morpholine rings is 1. The molecule has 116 valence electrons. The summed E-state index contributed by atoms with van der Waals surface area (Å²) in [5, 5.41) is 4.00. The van der Waals surface area contributed by atoms with Gasteiger partial charge in [0.1, 0.15) is 17.2 Å². The van der Waals surface area contributed by atoms with Crippen molar-refractivity contribution in [3.05, 3.63) is 17.5 Å². The fourth-order valence-corrected chi connectivity index (χ4v) is 3.66. The first-order chi connectivity index (χ1) is 10.3. The molecule has 2 fully saturated rings. The molecule has 1 aromatic heterocycles. The number of halogens is 1. The summed E-state index contributed by atoms with van der Waals surface area (Å²) in [5.41, 5.74) is 0. The fraction of sp³-hybridized carbons (Fsp3) is 0.733. The summed E-state index contributed by atoms with van der Waals surface area (Å²) in [7, 11) is 0. The van der Waals surface area contributed by atoms with Crippen molar-refractivity contribution in [2.24, 2.45) is 5.92 Å². The van der Waals surface area contributed by atoms with Crippen LogP contribution in [0.5, 0.6) is 0 Å². The molecule has 0 bridgehead atoms. The van der Waals surface area contributed by atoms with Crippen molar-refractivity contribution < 1.29 is 4.74 Å². The first-order valence-electron chi connectivity index (χ1n) is 7.86. The Kier molecular flexibility index (Phi) is 5.27. The maximum atomic E-state index is 6.11. The lowest BCUT2D eigenvalue weighted by Crippen LogP contribution is -2.49. The predicted octanol–water partition coefficient (Wildman–Crippen LogP) is 2.43. The highest BCUT2D eigenvalue weighted by molar-refractivity contribution is 6.32. The van der Waals surface area contributed by atoms with E-state index in [4.69, 9.17) is 16.3 Å². The Bertz CT molecular complexity index is 453. The zero-order valence-electron chi connectivity index (χ0n) is 12.3. The second-order valence-corrected chi connectivity index (χ2v) is 6.27. The van der Waals surface area contributed by atoms with E-state index in [2.05, 4.69) is 20.2 Å². The van der Waals surface area contributed by atoms with Crippen molar-refractivity contribution in [3.63, 3.8) is 0 Å². The van der Waals surface area contributed by atoms with Crippen LogP contribution in [0.25, 0.3) is 0 Å². The number of ether oxygens (including phenoxy) is 1. The van der Waals surface area contributed by atoms with Crippen molar-refractivity contribution in [1.82, 2.24) is 14.9 Å². The number of hydrogen-bond donors (Lipinski definition) is 1. The van der Waals surface area contributed by atoms with E-state index in [1.807, 2.05) is 0 Å². The van der Waals surface area contributed by atoms with Gasteiger partial charge in [-0.3, -0.25) is 4.90 Å². The van der Waals surface area contributed by atoms with Gasteiger partial charge in [0, 0.05) is 25.7 Å². The van der Waals surface area contributed by atoms with Crippen LogP contribution in [0.2, 0.25) is 5.02 Å². The van der Waals surface area contributed by atoms with Gasteiger partial charge in [-0.25, -0.2) is 9.97 Å². The lowest BCUT2D eigenvalue weighted by Gasteiger charge is -2.41. The molecule has 1 saturated carbocycles. The summed E-state index contributed by atoms with van der Waals surface area (Å²) < 4.78 is 5.48. The van der Waals surface area contributed by atoms with E-state index < -0.39 is 0 Å². The molecule has 0 aromatic carbocycles. The average Bonchev–Trinajstić information content (AvgIpc) is 2.55. The number of hydrogen-bond acceptors (Lipinski definition) is 5. The fourth-order valence-electron chi connectivity index (χ4n) is 3.49. The first-order valence-corrected chi connectivity index (χ1v) is 8.23. The minimum Gasteiger partial charge on any atom is -0.379 e. The molecule has 1 aromatic rings. The molecule has 0 radical (unpaired) electrons. The highest BCUT2D eigenvalue weighted by Gasteiger charge is 2.30. The largest absolute Gasteiger partial charge is 0.379 e. The zero-order valence-corrected chi connectivity index (χ0v) is 13.1. The summed E-state index contributed by atoms with van der Waals surface area (Å²) in [6.45, 7) is 4.80. The molecule has 1 aliphatic heterocycles. The Morgan fingerprint density at radius 1 is 1.29 bits per heavy atom. The normalized spacial score (nSPS) is 27.5. The van der Waals surface area contributed by atoms with E-state index in [-0.39, 0.29) is 0 Å². The van der Waals surface area contributed by atoms with Crippen LogP contribution >= 0.6 is 11.6 Å². The van der Waals surface area contributed by atoms with E-state index in [1.54, 1.807) is 6.20 Å². The van der Waals surface area contributed by atoms with Gasteiger partial charge in [0.15, 0.2) is 0 Å². The number of nitrogens with zero attached hydrogens (tertiary/aromatic N) is 3. The third-order valence-electron chi connectivity index (χ3n) is 4.58. The SMILES string of the molecule is Clc1cncnc1NC[C@@H]1CCCC[C@@H]1N1CCOCC1. The molecular weight excluding hydrogens is 288 g/mol. The third kappa shape index (κ3) is 3.84. The second-order valence-electron chi connectivity index (χ2n) is 5.86. The lowest BCUT2D eigenvalue weighted by atomic mass is 9.83. The Hall–Kier alpha value is -0.910. The van der Waals surface area contributed by atoms with Gasteiger partial charge < -0.3 is 10.1 Å². The second kappa shape index (κ2) is 7.38. The summed E-state index contributed by atoms with van der Waals surface area (Å²) in [4.78, 5) is 10.7. The molecule has 3 rings (SSSR count). The monoisotopic (exact) mass is 310 g/mol. The van der Waals surface area contributed by atoms with E-state index in [0.29, 0.717) is 17.0 Å². The molecule has 0 spiro atoms. The van der Waals surface area contributed by atoms with Crippen LogP contribution < -0.4 is 5.32 Å². The maximum Gasteiger partial charge on any atom is 0.148 e. The van der Waals surface area contributed by atoms with Gasteiger partial charge in [-0.05, 0) is 18.8 Å². The van der Waals surface area contributed by atoms with Crippen LogP contribution in [0, 0.1) is 5.92 Å². The molecule has 2 aliphatic rings. The molecule has 1 N–H and O–H groups in total. The number of rotatable bonds is 4. The lowest BCUT2D eigenvalue weighted by molar-refractivity contribution is -0.00541. The minimum absolute atomic E-state index is 0.594. The molecular formula is C15H23ClN4O. The number of aromatic nitrogens is 2. The van der Waals surface area contributed by atoms with Crippen LogP contribution in [0.1, 0.15) is 25.7 Å². The van der Waals surface area contributed by atoms with Gasteiger partial charge in [-0.15, -0.1) is 0 Å². The van der Waals surface area contributed by atoms with Crippen LogP contribution in [-0.4, -0.2) is 53.8 Å². The van der Waals surface area contributed by atoms with E-state index in [0.717, 1.165) is 38.7 Å². The van der Waals surface area contributed by atoms with Gasteiger partial charge in [-0.1, -0.05) is 24.4 Å². The van der Waals surface area contributed by atoms with Crippen molar-refractivity contribution in [3.8, 4) is 0 Å². The van der Waals surface area contributed by atoms with Crippen molar-refractivity contribution in [2.45, 2.75) is 31.7 Å². The zero-order chi connectivity index (χ0) is 14.5. The Balaban J connectivity index is 1.60. The highest BCUT2D eigenvalue weighted by atomic mass is 35.5. The van der Waals surface area contributed by atoms with Crippen molar-refractivity contribution in [2.75, 3.05) is 38.2 Å². The third-order valence-corrected chi connectivity index (χ3v) is 4.86. The average molecular weight is 311 g/mol. The van der Waals surface area contributed by atoms with Crippen LogP contribution in [0.4, 0.5) is 5.82 Å². The smallest absolute Gasteiger partial charge is 0.148 e. The van der Waals surface area contributed by atoms with Crippen LogP contribution in [0.3, 0.4) is 0 Å². The van der Waals surface area contributed by atoms with Gasteiger partial charge in [0.05, 0.1) is 19.4 Å². The minimum atomic E-state index is 0.594. The predicted molar refractivity (Wildman–Crippen MR) is 83.7 cm³/mol. The summed E-state index contributed by atoms with van der Waals surface area (Å²) in [6, 6.07) is 0.663. The number of nitrogens with one attached hydrogen (secondary N) is 1. The van der Waals surface area contributed by atoms with Crippen LogP contribution in [0.15, 0.2) is 12.5 Å². The molecule has 1 aliphatic carbocycles. The van der Waals surface area contributed by atoms with Gasteiger partial charge in [0.2, 0.25) is 0 Å². The van der Waals surface area contributed by atoms with E-state index in [9.17, 15) is 0 Å². The van der Waals surface area contributed by atoms with E-state index in [1.165, 1.54) is 32.0 Å². The maximum absolute atomic E-state index is 6.11. The summed E-state index contributed by atoms with van der Waals surface area (Å²) >= 11 is 6.11. The van der Waals surface area contributed by atoms with Gasteiger partial charge >= 0.3 is 0 Å².